The first-order valence-electron chi connectivity index (χ1n) is 11.7. The van der Waals surface area contributed by atoms with Crippen molar-refractivity contribution in [1.29, 1.82) is 0 Å². The lowest BCUT2D eigenvalue weighted by atomic mass is 10.00. The highest BCUT2D eigenvalue weighted by Crippen LogP contribution is 2.22. The number of aryl methyl sites for hydroxylation is 1. The zero-order valence-corrected chi connectivity index (χ0v) is 19.8. The Balaban J connectivity index is 1.81. The molecule has 0 saturated carbocycles. The largest absolute Gasteiger partial charge is 0.497 e. The average Bonchev–Trinajstić information content (AvgIpc) is 2.86. The summed E-state index contributed by atoms with van der Waals surface area (Å²) >= 11 is 0. The van der Waals surface area contributed by atoms with Crippen LogP contribution < -0.4 is 10.1 Å². The van der Waals surface area contributed by atoms with E-state index in [-0.39, 0.29) is 11.8 Å². The molecular weight excluding hydrogens is 412 g/mol. The van der Waals surface area contributed by atoms with Crippen LogP contribution in [0.15, 0.2) is 66.7 Å². The number of hydrogen-bond donors (Lipinski definition) is 1. The van der Waals surface area contributed by atoms with E-state index in [1.54, 1.807) is 12.0 Å². The van der Waals surface area contributed by atoms with Crippen molar-refractivity contribution in [2.24, 2.45) is 0 Å². The Morgan fingerprint density at radius 2 is 1.70 bits per heavy atom. The minimum Gasteiger partial charge on any atom is -0.497 e. The Labute approximate surface area is 196 Å². The smallest absolute Gasteiger partial charge is 0.242 e. The average molecular weight is 447 g/mol. The minimum atomic E-state index is -0.501. The Kier molecular flexibility index (Phi) is 8.87. The molecule has 0 bridgehead atoms. The molecule has 3 aromatic carbocycles. The molecule has 0 unspecified atom stereocenters. The molecule has 0 saturated heterocycles. The number of nitrogens with one attached hydrogen (secondary N) is 1. The summed E-state index contributed by atoms with van der Waals surface area (Å²) in [7, 11) is 1.63. The molecule has 33 heavy (non-hydrogen) atoms. The van der Waals surface area contributed by atoms with E-state index in [1.165, 1.54) is 10.8 Å². The first kappa shape index (κ1) is 24.3. The minimum absolute atomic E-state index is 0.0164. The Bertz CT molecular complexity index is 1060. The Morgan fingerprint density at radius 3 is 2.39 bits per heavy atom. The summed E-state index contributed by atoms with van der Waals surface area (Å²) in [5.41, 5.74) is 2.12. The van der Waals surface area contributed by atoms with E-state index in [1.807, 2.05) is 56.3 Å². The van der Waals surface area contributed by atoms with Crippen LogP contribution in [0.4, 0.5) is 0 Å². The lowest BCUT2D eigenvalue weighted by Gasteiger charge is -2.31. The number of ether oxygens (including phenoxy) is 1. The first-order chi connectivity index (χ1) is 16.1. The fraction of sp³-hybridized carbons (Fsp3) is 0.357. The summed E-state index contributed by atoms with van der Waals surface area (Å²) in [5.74, 6) is 0.656. The van der Waals surface area contributed by atoms with Crippen LogP contribution in [0.1, 0.15) is 44.2 Å². The summed E-state index contributed by atoms with van der Waals surface area (Å²) in [5, 5.41) is 5.31. The number of amides is 2. The van der Waals surface area contributed by atoms with Crippen LogP contribution in [-0.2, 0) is 22.6 Å². The second-order valence-electron chi connectivity index (χ2n) is 8.22. The van der Waals surface area contributed by atoms with Crippen molar-refractivity contribution in [3.05, 3.63) is 77.9 Å². The molecule has 3 aromatic rings. The van der Waals surface area contributed by atoms with E-state index >= 15 is 0 Å². The van der Waals surface area contributed by atoms with Gasteiger partial charge in [-0.25, -0.2) is 0 Å². The van der Waals surface area contributed by atoms with Gasteiger partial charge >= 0.3 is 0 Å². The van der Waals surface area contributed by atoms with Crippen molar-refractivity contribution in [2.75, 3.05) is 13.7 Å². The normalized spacial score (nSPS) is 11.7. The number of carbonyl (C=O) groups is 2. The predicted octanol–water partition coefficient (Wildman–Crippen LogP) is 5.11. The third kappa shape index (κ3) is 6.35. The molecule has 0 spiro atoms. The van der Waals surface area contributed by atoms with E-state index in [0.29, 0.717) is 32.4 Å². The molecule has 1 N–H and O–H groups in total. The van der Waals surface area contributed by atoms with Crippen LogP contribution in [0, 0.1) is 0 Å². The summed E-state index contributed by atoms with van der Waals surface area (Å²) < 4.78 is 5.25. The molecule has 0 aliphatic heterocycles. The van der Waals surface area contributed by atoms with Gasteiger partial charge in [-0.3, -0.25) is 9.59 Å². The van der Waals surface area contributed by atoms with E-state index in [2.05, 4.69) is 29.6 Å². The van der Waals surface area contributed by atoms with Gasteiger partial charge in [0.1, 0.15) is 11.8 Å². The van der Waals surface area contributed by atoms with Gasteiger partial charge in [0.05, 0.1) is 7.11 Å². The van der Waals surface area contributed by atoms with Gasteiger partial charge in [0.25, 0.3) is 0 Å². The van der Waals surface area contributed by atoms with Crippen LogP contribution in [0.5, 0.6) is 5.75 Å². The number of fused-ring (bicyclic) bond motifs is 1. The van der Waals surface area contributed by atoms with Crippen LogP contribution in [0.2, 0.25) is 0 Å². The van der Waals surface area contributed by atoms with Gasteiger partial charge in [-0.2, -0.15) is 0 Å². The van der Waals surface area contributed by atoms with Crippen LogP contribution in [-0.4, -0.2) is 36.4 Å². The summed E-state index contributed by atoms with van der Waals surface area (Å²) in [4.78, 5) is 28.1. The second kappa shape index (κ2) is 12.0. The maximum atomic E-state index is 13.5. The van der Waals surface area contributed by atoms with Gasteiger partial charge in [-0.1, -0.05) is 68.4 Å². The number of nitrogens with zero attached hydrogens (tertiary/aromatic N) is 1. The Morgan fingerprint density at radius 1 is 0.970 bits per heavy atom. The maximum Gasteiger partial charge on any atom is 0.242 e. The van der Waals surface area contributed by atoms with Crippen molar-refractivity contribution in [3.8, 4) is 5.75 Å². The highest BCUT2D eigenvalue weighted by atomic mass is 16.5. The monoisotopic (exact) mass is 446 g/mol. The Hall–Kier alpha value is -3.34. The second-order valence-corrected chi connectivity index (χ2v) is 8.22. The highest BCUT2D eigenvalue weighted by Gasteiger charge is 2.28. The summed E-state index contributed by atoms with van der Waals surface area (Å²) in [6.45, 7) is 4.97. The number of methoxy groups -OCH3 is 1. The molecule has 5 heteroatoms. The highest BCUT2D eigenvalue weighted by molar-refractivity contribution is 5.89. The molecule has 2 amide bonds. The molecule has 1 atom stereocenters. The van der Waals surface area contributed by atoms with Gasteiger partial charge < -0.3 is 15.0 Å². The maximum absolute atomic E-state index is 13.5. The molecule has 0 fully saturated rings. The van der Waals surface area contributed by atoms with E-state index in [9.17, 15) is 9.59 Å². The predicted molar refractivity (Wildman–Crippen MR) is 133 cm³/mol. The standard InChI is InChI=1S/C28H34N2O3/c1-4-19-29-28(32)26(5-2)30(20-21-13-16-24(33-3)17-14-21)27(31)18-15-23-11-8-10-22-9-6-7-12-25(22)23/h6-14,16-17,26H,4-5,15,18-20H2,1-3H3,(H,29,32)/t26-/m0/s1. The number of hydrogen-bond acceptors (Lipinski definition) is 3. The number of rotatable bonds is 11. The van der Waals surface area contributed by atoms with Crippen molar-refractivity contribution < 1.29 is 14.3 Å². The lowest BCUT2D eigenvalue weighted by Crippen LogP contribution is -2.49. The molecule has 0 aromatic heterocycles. The summed E-state index contributed by atoms with van der Waals surface area (Å²) in [6.07, 6.45) is 2.40. The van der Waals surface area contributed by atoms with Gasteiger partial charge in [-0.05, 0) is 53.3 Å². The van der Waals surface area contributed by atoms with Crippen molar-refractivity contribution in [1.82, 2.24) is 10.2 Å². The van der Waals surface area contributed by atoms with Gasteiger partial charge in [0.2, 0.25) is 11.8 Å². The van der Waals surface area contributed by atoms with E-state index in [0.717, 1.165) is 23.3 Å². The fourth-order valence-corrected chi connectivity index (χ4v) is 4.11. The topological polar surface area (TPSA) is 58.6 Å². The van der Waals surface area contributed by atoms with Gasteiger partial charge in [0.15, 0.2) is 0 Å². The molecule has 0 aliphatic carbocycles. The lowest BCUT2D eigenvalue weighted by molar-refractivity contribution is -0.141. The molecule has 174 valence electrons. The van der Waals surface area contributed by atoms with Crippen molar-refractivity contribution >= 4 is 22.6 Å². The molecule has 3 rings (SSSR count). The first-order valence-corrected chi connectivity index (χ1v) is 11.7. The number of carbonyl (C=O) groups excluding carboxylic acids is 2. The molecule has 0 aliphatic rings. The zero-order chi connectivity index (χ0) is 23.6. The van der Waals surface area contributed by atoms with E-state index < -0.39 is 6.04 Å². The zero-order valence-electron chi connectivity index (χ0n) is 19.8. The van der Waals surface area contributed by atoms with Crippen LogP contribution in [0.25, 0.3) is 10.8 Å². The van der Waals surface area contributed by atoms with Crippen LogP contribution >= 0.6 is 0 Å². The fourth-order valence-electron chi connectivity index (χ4n) is 4.11. The van der Waals surface area contributed by atoms with Crippen LogP contribution in [0.3, 0.4) is 0 Å². The third-order valence-corrected chi connectivity index (χ3v) is 5.94. The summed E-state index contributed by atoms with van der Waals surface area (Å²) in [6, 6.07) is 21.6. The van der Waals surface area contributed by atoms with Gasteiger partial charge in [0, 0.05) is 19.5 Å². The molecule has 0 heterocycles. The van der Waals surface area contributed by atoms with E-state index in [4.69, 9.17) is 4.74 Å². The molecule has 0 radical (unpaired) electrons. The molecule has 5 nitrogen and oxygen atoms in total. The number of benzene rings is 3. The van der Waals surface area contributed by atoms with Gasteiger partial charge in [-0.15, -0.1) is 0 Å². The quantitative estimate of drug-likeness (QED) is 0.445. The third-order valence-electron chi connectivity index (χ3n) is 5.94. The molecular formula is C28H34N2O3. The van der Waals surface area contributed by atoms with Crippen molar-refractivity contribution in [2.45, 2.75) is 52.1 Å². The SMILES string of the molecule is CCCNC(=O)[C@H](CC)N(Cc1ccc(OC)cc1)C(=O)CCc1cccc2ccccc12. The van der Waals surface area contributed by atoms with Crippen molar-refractivity contribution in [3.63, 3.8) is 0 Å².